The van der Waals surface area contributed by atoms with Crippen LogP contribution in [-0.4, -0.2) is 30.0 Å². The molecule has 32 heavy (non-hydrogen) atoms. The average Bonchev–Trinajstić information content (AvgIpc) is 3.25. The van der Waals surface area contributed by atoms with Crippen LogP contribution in [0.5, 0.6) is 11.5 Å². The van der Waals surface area contributed by atoms with Crippen LogP contribution in [0.15, 0.2) is 87.5 Å². The standard InChI is InChI=1S/C24H21N3O4S/c1-29-21-12-11-18(13-22(21)30-15-17-7-3-2-4-8-17)14-25-27-23(28)16-32-24-26-19-9-5-6-10-20(19)31-24/h2-14H,15-16H2,1H3,(H,27,28)/b25-14+. The quantitative estimate of drug-likeness (QED) is 0.228. The van der Waals surface area contributed by atoms with Crippen LogP contribution in [-0.2, 0) is 11.4 Å². The van der Waals surface area contributed by atoms with Gasteiger partial charge in [-0.3, -0.25) is 4.79 Å². The Kier molecular flexibility index (Phi) is 7.04. The molecule has 162 valence electrons. The number of hydrazone groups is 1. The molecule has 1 heterocycles. The van der Waals surface area contributed by atoms with Crippen molar-refractivity contribution in [2.75, 3.05) is 12.9 Å². The molecule has 0 bridgehead atoms. The van der Waals surface area contributed by atoms with Crippen molar-refractivity contribution in [3.8, 4) is 11.5 Å². The molecule has 7 nitrogen and oxygen atoms in total. The molecule has 4 aromatic rings. The minimum absolute atomic E-state index is 0.137. The molecule has 1 amide bonds. The highest BCUT2D eigenvalue weighted by Crippen LogP contribution is 2.28. The highest BCUT2D eigenvalue weighted by molar-refractivity contribution is 7.99. The molecule has 8 heteroatoms. The van der Waals surface area contributed by atoms with Crippen LogP contribution in [0.3, 0.4) is 0 Å². The highest BCUT2D eigenvalue weighted by Gasteiger charge is 2.09. The second-order valence-electron chi connectivity index (χ2n) is 6.71. The van der Waals surface area contributed by atoms with E-state index in [1.54, 1.807) is 19.4 Å². The van der Waals surface area contributed by atoms with E-state index in [0.29, 0.717) is 28.9 Å². The number of aromatic nitrogens is 1. The van der Waals surface area contributed by atoms with Gasteiger partial charge in [-0.05, 0) is 41.5 Å². The Hall–Kier alpha value is -3.78. The van der Waals surface area contributed by atoms with Crippen LogP contribution in [0, 0.1) is 0 Å². The number of methoxy groups -OCH3 is 1. The number of nitrogens with zero attached hydrogens (tertiary/aromatic N) is 2. The molecule has 3 aromatic carbocycles. The van der Waals surface area contributed by atoms with Crippen molar-refractivity contribution >= 4 is 35.0 Å². The van der Waals surface area contributed by atoms with E-state index in [-0.39, 0.29) is 11.7 Å². The molecule has 0 aliphatic carbocycles. The van der Waals surface area contributed by atoms with E-state index in [2.05, 4.69) is 15.5 Å². The smallest absolute Gasteiger partial charge is 0.257 e. The molecule has 0 radical (unpaired) electrons. The number of nitrogens with one attached hydrogen (secondary N) is 1. The van der Waals surface area contributed by atoms with Crippen molar-refractivity contribution in [1.29, 1.82) is 0 Å². The van der Waals surface area contributed by atoms with Gasteiger partial charge in [0.05, 0.1) is 19.1 Å². The summed E-state index contributed by atoms with van der Waals surface area (Å²) < 4.78 is 16.9. The number of oxazole rings is 1. The Morgan fingerprint density at radius 2 is 1.91 bits per heavy atom. The molecule has 0 saturated carbocycles. The molecule has 0 aliphatic rings. The van der Waals surface area contributed by atoms with Gasteiger partial charge in [-0.25, -0.2) is 10.4 Å². The number of hydrogen-bond donors (Lipinski definition) is 1. The van der Waals surface area contributed by atoms with Gasteiger partial charge in [0.1, 0.15) is 12.1 Å². The summed E-state index contributed by atoms with van der Waals surface area (Å²) >= 11 is 1.21. The first-order valence-corrected chi connectivity index (χ1v) is 10.8. The summed E-state index contributed by atoms with van der Waals surface area (Å²) in [6.45, 7) is 0.418. The summed E-state index contributed by atoms with van der Waals surface area (Å²) in [5.74, 6) is 1.09. The van der Waals surface area contributed by atoms with E-state index in [1.165, 1.54) is 11.8 Å². The fraction of sp³-hybridized carbons (Fsp3) is 0.125. The van der Waals surface area contributed by atoms with Crippen molar-refractivity contribution in [1.82, 2.24) is 10.4 Å². The summed E-state index contributed by atoms with van der Waals surface area (Å²) in [6.07, 6.45) is 1.55. The van der Waals surface area contributed by atoms with Crippen molar-refractivity contribution in [2.45, 2.75) is 11.8 Å². The van der Waals surface area contributed by atoms with Crippen LogP contribution in [0.1, 0.15) is 11.1 Å². The van der Waals surface area contributed by atoms with E-state index < -0.39 is 0 Å². The summed E-state index contributed by atoms with van der Waals surface area (Å²) in [5, 5.41) is 4.47. The molecule has 0 aliphatic heterocycles. The van der Waals surface area contributed by atoms with Gasteiger partial charge in [0.2, 0.25) is 0 Å². The molecule has 1 aromatic heterocycles. The highest BCUT2D eigenvalue weighted by atomic mass is 32.2. The third-order valence-electron chi connectivity index (χ3n) is 4.43. The second kappa shape index (κ2) is 10.5. The number of hydrogen-bond acceptors (Lipinski definition) is 7. The Morgan fingerprint density at radius 3 is 2.72 bits per heavy atom. The molecular weight excluding hydrogens is 426 g/mol. The number of para-hydroxylation sites is 2. The summed E-state index contributed by atoms with van der Waals surface area (Å²) in [4.78, 5) is 16.4. The van der Waals surface area contributed by atoms with Gasteiger partial charge in [0, 0.05) is 0 Å². The predicted molar refractivity (Wildman–Crippen MR) is 124 cm³/mol. The molecule has 0 fully saturated rings. The van der Waals surface area contributed by atoms with Crippen LogP contribution >= 0.6 is 11.8 Å². The number of carbonyl (C=O) groups excluding carboxylic acids is 1. The number of thioether (sulfide) groups is 1. The molecular formula is C24H21N3O4S. The maximum absolute atomic E-state index is 12.1. The zero-order chi connectivity index (χ0) is 22.2. The van der Waals surface area contributed by atoms with E-state index in [9.17, 15) is 4.79 Å². The largest absolute Gasteiger partial charge is 0.493 e. The van der Waals surface area contributed by atoms with E-state index in [1.807, 2.05) is 66.7 Å². The topological polar surface area (TPSA) is 86.0 Å². The third-order valence-corrected chi connectivity index (χ3v) is 5.26. The summed E-state index contributed by atoms with van der Waals surface area (Å²) in [5.41, 5.74) is 5.78. The second-order valence-corrected chi connectivity index (χ2v) is 7.64. The maximum atomic E-state index is 12.1. The maximum Gasteiger partial charge on any atom is 0.257 e. The number of fused-ring (bicyclic) bond motifs is 1. The first-order chi connectivity index (χ1) is 15.7. The lowest BCUT2D eigenvalue weighted by Crippen LogP contribution is -2.19. The Labute approximate surface area is 189 Å². The first-order valence-electron chi connectivity index (χ1n) is 9.86. The lowest BCUT2D eigenvalue weighted by atomic mass is 10.2. The SMILES string of the molecule is COc1ccc(/C=N/NC(=O)CSc2nc3ccccc3o2)cc1OCc1ccccc1. The summed E-state index contributed by atoms with van der Waals surface area (Å²) in [6, 6.07) is 22.8. The zero-order valence-corrected chi connectivity index (χ0v) is 18.2. The van der Waals surface area contributed by atoms with E-state index in [0.717, 1.165) is 16.6 Å². The Morgan fingerprint density at radius 1 is 1.09 bits per heavy atom. The molecule has 0 unspecified atom stereocenters. The molecule has 1 N–H and O–H groups in total. The summed E-state index contributed by atoms with van der Waals surface area (Å²) in [7, 11) is 1.59. The van der Waals surface area contributed by atoms with Gasteiger partial charge >= 0.3 is 0 Å². The van der Waals surface area contributed by atoms with Gasteiger partial charge in [0.25, 0.3) is 11.1 Å². The van der Waals surface area contributed by atoms with E-state index >= 15 is 0 Å². The normalized spacial score (nSPS) is 11.0. The van der Waals surface area contributed by atoms with Gasteiger partial charge < -0.3 is 13.9 Å². The fourth-order valence-corrected chi connectivity index (χ4v) is 3.50. The molecule has 0 saturated heterocycles. The van der Waals surface area contributed by atoms with E-state index in [4.69, 9.17) is 13.9 Å². The number of carbonyl (C=O) groups is 1. The van der Waals surface area contributed by atoms with Crippen molar-refractivity contribution in [3.63, 3.8) is 0 Å². The third kappa shape index (κ3) is 5.67. The lowest BCUT2D eigenvalue weighted by Gasteiger charge is -2.11. The monoisotopic (exact) mass is 447 g/mol. The van der Waals surface area contributed by atoms with Crippen molar-refractivity contribution in [2.24, 2.45) is 5.10 Å². The van der Waals surface area contributed by atoms with Gasteiger partial charge in [0.15, 0.2) is 17.1 Å². The van der Waals surface area contributed by atoms with Crippen LogP contribution in [0.4, 0.5) is 0 Å². The van der Waals surface area contributed by atoms with Crippen molar-refractivity contribution < 1.29 is 18.7 Å². The fourth-order valence-electron chi connectivity index (χ4n) is 2.87. The Bertz CT molecular complexity index is 1190. The van der Waals surface area contributed by atoms with Crippen molar-refractivity contribution in [3.05, 3.63) is 83.9 Å². The van der Waals surface area contributed by atoms with Crippen LogP contribution < -0.4 is 14.9 Å². The number of amides is 1. The van der Waals surface area contributed by atoms with Gasteiger partial charge in [-0.15, -0.1) is 0 Å². The average molecular weight is 448 g/mol. The number of rotatable bonds is 9. The molecule has 0 atom stereocenters. The Balaban J connectivity index is 1.31. The number of ether oxygens (including phenoxy) is 2. The zero-order valence-electron chi connectivity index (χ0n) is 17.4. The van der Waals surface area contributed by atoms with Crippen LogP contribution in [0.2, 0.25) is 0 Å². The van der Waals surface area contributed by atoms with Gasteiger partial charge in [-0.2, -0.15) is 5.10 Å². The predicted octanol–water partition coefficient (Wildman–Crippen LogP) is 4.66. The first kappa shape index (κ1) is 21.5. The molecule has 0 spiro atoms. The minimum atomic E-state index is -0.262. The number of benzene rings is 3. The van der Waals surface area contributed by atoms with Crippen LogP contribution in [0.25, 0.3) is 11.1 Å². The minimum Gasteiger partial charge on any atom is -0.493 e. The molecule has 4 rings (SSSR count). The lowest BCUT2D eigenvalue weighted by molar-refractivity contribution is -0.118. The van der Waals surface area contributed by atoms with Gasteiger partial charge in [-0.1, -0.05) is 54.2 Å².